The van der Waals surface area contributed by atoms with Gasteiger partial charge in [0.25, 0.3) is 0 Å². The summed E-state index contributed by atoms with van der Waals surface area (Å²) in [6.07, 6.45) is 3.31. The third-order valence-corrected chi connectivity index (χ3v) is 3.55. The Bertz CT molecular complexity index is 425. The van der Waals surface area contributed by atoms with Gasteiger partial charge in [-0.1, -0.05) is 17.8 Å². The molecule has 6 heteroatoms. The largest absolute Gasteiger partial charge is 0.354 e. The van der Waals surface area contributed by atoms with Gasteiger partial charge in [-0.05, 0) is 25.0 Å². The second-order valence-electron chi connectivity index (χ2n) is 4.01. The lowest BCUT2D eigenvalue weighted by molar-refractivity contribution is -0.129. The molecule has 0 aliphatic carbocycles. The van der Waals surface area contributed by atoms with E-state index in [0.29, 0.717) is 13.0 Å². The summed E-state index contributed by atoms with van der Waals surface area (Å²) in [4.78, 5) is 27.3. The third kappa shape index (κ3) is 3.73. The Morgan fingerprint density at radius 1 is 1.56 bits per heavy atom. The Kier molecular flexibility index (Phi) is 4.58. The zero-order valence-corrected chi connectivity index (χ0v) is 10.7. The van der Waals surface area contributed by atoms with Gasteiger partial charge in [-0.3, -0.25) is 9.59 Å². The fourth-order valence-electron chi connectivity index (χ4n) is 1.72. The molecule has 0 aromatic carbocycles. The zero-order chi connectivity index (χ0) is 12.8. The van der Waals surface area contributed by atoms with Crippen molar-refractivity contribution < 1.29 is 9.59 Å². The van der Waals surface area contributed by atoms with Crippen LogP contribution in [-0.2, 0) is 9.59 Å². The van der Waals surface area contributed by atoms with Crippen molar-refractivity contribution in [1.82, 2.24) is 15.6 Å². The Balaban J connectivity index is 1.76. The van der Waals surface area contributed by atoms with Gasteiger partial charge in [-0.25, -0.2) is 4.98 Å². The van der Waals surface area contributed by atoms with Crippen molar-refractivity contribution in [1.29, 1.82) is 0 Å². The molecular formula is C12H15N3O2S. The smallest absolute Gasteiger partial charge is 0.242 e. The molecule has 2 amide bonds. The van der Waals surface area contributed by atoms with Crippen LogP contribution in [0.25, 0.3) is 0 Å². The van der Waals surface area contributed by atoms with Crippen molar-refractivity contribution >= 4 is 23.6 Å². The van der Waals surface area contributed by atoms with Crippen molar-refractivity contribution in [2.24, 2.45) is 0 Å². The molecule has 2 heterocycles. The third-order valence-electron chi connectivity index (χ3n) is 2.61. The van der Waals surface area contributed by atoms with Gasteiger partial charge in [0.15, 0.2) is 0 Å². The fraction of sp³-hybridized carbons (Fsp3) is 0.417. The number of carbonyl (C=O) groups excluding carboxylic acids is 2. The molecule has 1 saturated heterocycles. The molecule has 0 bridgehead atoms. The molecule has 2 rings (SSSR count). The first-order valence-corrected chi connectivity index (χ1v) is 6.85. The maximum Gasteiger partial charge on any atom is 0.242 e. The van der Waals surface area contributed by atoms with Crippen LogP contribution in [0.5, 0.6) is 0 Å². The Morgan fingerprint density at radius 2 is 2.44 bits per heavy atom. The predicted molar refractivity (Wildman–Crippen MR) is 69.1 cm³/mol. The van der Waals surface area contributed by atoms with Crippen molar-refractivity contribution in [3.05, 3.63) is 24.4 Å². The van der Waals surface area contributed by atoms with E-state index in [0.717, 1.165) is 11.4 Å². The lowest BCUT2D eigenvalue weighted by Crippen LogP contribution is -2.50. The average Bonchev–Trinajstić information content (AvgIpc) is 2.40. The van der Waals surface area contributed by atoms with Crippen molar-refractivity contribution in [2.75, 3.05) is 12.3 Å². The van der Waals surface area contributed by atoms with Gasteiger partial charge in [0.2, 0.25) is 11.8 Å². The van der Waals surface area contributed by atoms with Crippen LogP contribution >= 0.6 is 11.8 Å². The standard InChI is InChI=1S/C12H15N3O2S/c16-10(8-18-11-5-1-2-6-13-11)15-9-4-3-7-14-12(9)17/h1-2,5-6,9H,3-4,7-8H2,(H,14,17)(H,15,16). The molecule has 5 nitrogen and oxygen atoms in total. The number of thioether (sulfide) groups is 1. The molecule has 18 heavy (non-hydrogen) atoms. The van der Waals surface area contributed by atoms with E-state index in [2.05, 4.69) is 15.6 Å². The van der Waals surface area contributed by atoms with Gasteiger partial charge in [0.1, 0.15) is 6.04 Å². The summed E-state index contributed by atoms with van der Waals surface area (Å²) in [5.74, 6) is 0.0611. The van der Waals surface area contributed by atoms with E-state index in [4.69, 9.17) is 0 Å². The second kappa shape index (κ2) is 6.39. The molecule has 2 N–H and O–H groups in total. The number of hydrogen-bond acceptors (Lipinski definition) is 4. The van der Waals surface area contributed by atoms with E-state index in [-0.39, 0.29) is 23.6 Å². The lowest BCUT2D eigenvalue weighted by Gasteiger charge is -2.22. The van der Waals surface area contributed by atoms with Crippen LogP contribution in [0, 0.1) is 0 Å². The second-order valence-corrected chi connectivity index (χ2v) is 5.01. The van der Waals surface area contributed by atoms with Crippen molar-refractivity contribution in [3.63, 3.8) is 0 Å². The van der Waals surface area contributed by atoms with Gasteiger partial charge in [0, 0.05) is 12.7 Å². The van der Waals surface area contributed by atoms with Crippen LogP contribution < -0.4 is 10.6 Å². The first-order chi connectivity index (χ1) is 8.75. The number of nitrogens with one attached hydrogen (secondary N) is 2. The SMILES string of the molecule is O=C(CSc1ccccn1)NC1CCCNC1=O. The normalized spacial score (nSPS) is 19.1. The van der Waals surface area contributed by atoms with Crippen LogP contribution in [0.15, 0.2) is 29.4 Å². The molecule has 1 atom stereocenters. The molecule has 1 aromatic heterocycles. The predicted octanol–water partition coefficient (Wildman–Crippen LogP) is 0.568. The van der Waals surface area contributed by atoms with Gasteiger partial charge >= 0.3 is 0 Å². The summed E-state index contributed by atoms with van der Waals surface area (Å²) in [6.45, 7) is 0.702. The molecule has 1 aliphatic rings. The number of piperidine rings is 1. The molecule has 1 aliphatic heterocycles. The van der Waals surface area contributed by atoms with Crippen molar-refractivity contribution in [2.45, 2.75) is 23.9 Å². The number of pyridine rings is 1. The van der Waals surface area contributed by atoms with E-state index >= 15 is 0 Å². The van der Waals surface area contributed by atoms with Crippen LogP contribution in [0.3, 0.4) is 0 Å². The fourth-order valence-corrected chi connectivity index (χ4v) is 2.39. The Morgan fingerprint density at radius 3 is 3.17 bits per heavy atom. The number of aromatic nitrogens is 1. The number of carbonyl (C=O) groups is 2. The molecule has 1 unspecified atom stereocenters. The number of nitrogens with zero attached hydrogens (tertiary/aromatic N) is 1. The number of hydrogen-bond donors (Lipinski definition) is 2. The summed E-state index contributed by atoms with van der Waals surface area (Å²) in [5, 5.41) is 6.28. The molecule has 0 spiro atoms. The lowest BCUT2D eigenvalue weighted by atomic mass is 10.1. The van der Waals surface area contributed by atoms with Gasteiger partial charge in [0.05, 0.1) is 10.8 Å². The summed E-state index contributed by atoms with van der Waals surface area (Å²) in [7, 11) is 0. The molecule has 96 valence electrons. The minimum atomic E-state index is -0.379. The quantitative estimate of drug-likeness (QED) is 0.781. The molecular weight excluding hydrogens is 250 g/mol. The minimum absolute atomic E-state index is 0.0857. The first kappa shape index (κ1) is 12.9. The zero-order valence-electron chi connectivity index (χ0n) is 9.89. The molecule has 1 fully saturated rings. The topological polar surface area (TPSA) is 71.1 Å². The van der Waals surface area contributed by atoms with E-state index in [1.807, 2.05) is 18.2 Å². The highest BCUT2D eigenvalue weighted by atomic mass is 32.2. The minimum Gasteiger partial charge on any atom is -0.354 e. The van der Waals surface area contributed by atoms with Crippen LogP contribution in [0.4, 0.5) is 0 Å². The van der Waals surface area contributed by atoms with E-state index in [9.17, 15) is 9.59 Å². The summed E-state index contributed by atoms with van der Waals surface area (Å²) >= 11 is 1.36. The highest BCUT2D eigenvalue weighted by Crippen LogP contribution is 2.13. The van der Waals surface area contributed by atoms with Crippen LogP contribution in [0.1, 0.15) is 12.8 Å². The van der Waals surface area contributed by atoms with E-state index < -0.39 is 0 Å². The Hall–Kier alpha value is -1.56. The summed E-state index contributed by atoms with van der Waals surface area (Å²) < 4.78 is 0. The van der Waals surface area contributed by atoms with E-state index in [1.54, 1.807) is 6.20 Å². The van der Waals surface area contributed by atoms with Crippen molar-refractivity contribution in [3.8, 4) is 0 Å². The summed E-state index contributed by atoms with van der Waals surface area (Å²) in [6, 6.07) is 5.18. The van der Waals surface area contributed by atoms with Crippen LogP contribution in [0.2, 0.25) is 0 Å². The molecule has 0 radical (unpaired) electrons. The average molecular weight is 265 g/mol. The number of rotatable bonds is 4. The van der Waals surface area contributed by atoms with Gasteiger partial charge in [-0.2, -0.15) is 0 Å². The van der Waals surface area contributed by atoms with Gasteiger partial charge < -0.3 is 10.6 Å². The maximum absolute atomic E-state index is 11.7. The molecule has 0 saturated carbocycles. The highest BCUT2D eigenvalue weighted by Gasteiger charge is 2.23. The maximum atomic E-state index is 11.7. The number of amides is 2. The summed E-state index contributed by atoms with van der Waals surface area (Å²) in [5.41, 5.74) is 0. The van der Waals surface area contributed by atoms with E-state index in [1.165, 1.54) is 11.8 Å². The monoisotopic (exact) mass is 265 g/mol. The molecule has 1 aromatic rings. The van der Waals surface area contributed by atoms with Crippen LogP contribution in [-0.4, -0.2) is 35.1 Å². The highest BCUT2D eigenvalue weighted by molar-refractivity contribution is 7.99. The Labute approximate surface area is 110 Å². The van der Waals surface area contributed by atoms with Gasteiger partial charge in [-0.15, -0.1) is 0 Å². The first-order valence-electron chi connectivity index (χ1n) is 5.86.